The number of nitrogens with one attached hydrogen (secondary N) is 3. The highest BCUT2D eigenvalue weighted by Gasteiger charge is 2.19. The summed E-state index contributed by atoms with van der Waals surface area (Å²) in [5.41, 5.74) is 1.54. The second-order valence-corrected chi connectivity index (χ2v) is 9.44. The molecule has 0 bridgehead atoms. The molecule has 0 saturated carbocycles. The molecule has 3 amide bonds. The van der Waals surface area contributed by atoms with Crippen LogP contribution in [-0.4, -0.2) is 49.4 Å². The Morgan fingerprint density at radius 3 is 2.25 bits per heavy atom. The number of pyridine rings is 1. The maximum atomic E-state index is 12.6. The number of aryl methyl sites for hydroxylation is 1. The van der Waals surface area contributed by atoms with Gasteiger partial charge in [0.25, 0.3) is 21.8 Å². The highest BCUT2D eigenvalue weighted by molar-refractivity contribution is 7.90. The minimum atomic E-state index is -4.18. The average molecular weight is 511 g/mol. The third kappa shape index (κ3) is 7.72. The maximum Gasteiger partial charge on any atom is 0.269 e. The number of sulfonamides is 1. The van der Waals surface area contributed by atoms with Crippen molar-refractivity contribution < 1.29 is 27.9 Å². The fourth-order valence-electron chi connectivity index (χ4n) is 3.20. The van der Waals surface area contributed by atoms with Gasteiger partial charge in [0, 0.05) is 24.8 Å². The molecule has 2 aromatic carbocycles. The Balaban J connectivity index is 1.53. The third-order valence-electron chi connectivity index (χ3n) is 5.04. The number of aliphatic hydroxyl groups is 1. The Labute approximate surface area is 208 Å². The van der Waals surface area contributed by atoms with Gasteiger partial charge in [-0.3, -0.25) is 19.4 Å². The van der Waals surface area contributed by atoms with Crippen LogP contribution in [0.25, 0.3) is 0 Å². The van der Waals surface area contributed by atoms with Crippen molar-refractivity contribution in [2.75, 3.05) is 18.5 Å². The van der Waals surface area contributed by atoms with E-state index in [1.807, 2.05) is 35.1 Å². The maximum absolute atomic E-state index is 12.6. The van der Waals surface area contributed by atoms with Gasteiger partial charge in [0.2, 0.25) is 5.91 Å². The molecular weight excluding hydrogens is 484 g/mol. The van der Waals surface area contributed by atoms with Crippen LogP contribution in [-0.2, 0) is 21.2 Å². The van der Waals surface area contributed by atoms with Crippen molar-refractivity contribution in [3.05, 3.63) is 89.7 Å². The predicted molar refractivity (Wildman–Crippen MR) is 133 cm³/mol. The molecule has 1 aromatic heterocycles. The summed E-state index contributed by atoms with van der Waals surface area (Å²) in [6.45, 7) is -0.177. The van der Waals surface area contributed by atoms with Crippen LogP contribution in [0.15, 0.2) is 77.8 Å². The van der Waals surface area contributed by atoms with Gasteiger partial charge < -0.3 is 15.7 Å². The summed E-state index contributed by atoms with van der Waals surface area (Å²) < 4.78 is 27.1. The van der Waals surface area contributed by atoms with Crippen LogP contribution in [0.5, 0.6) is 0 Å². The first kappa shape index (κ1) is 26.5. The molecular formula is C25H26N4O6S. The van der Waals surface area contributed by atoms with E-state index < -0.39 is 21.8 Å². The lowest BCUT2D eigenvalue weighted by atomic mass is 10.1. The van der Waals surface area contributed by atoms with Crippen LogP contribution >= 0.6 is 0 Å². The SMILES string of the molecule is O=C(CCCc1ccccc1)Nc1ccc(S(=O)(=O)NC(=O)c2ccc(C(=O)NCCO)nc2)cc1. The minimum absolute atomic E-state index is 0.0144. The van der Waals surface area contributed by atoms with E-state index in [4.69, 9.17) is 5.11 Å². The summed E-state index contributed by atoms with van der Waals surface area (Å²) in [7, 11) is -4.18. The van der Waals surface area contributed by atoms with Gasteiger partial charge in [-0.15, -0.1) is 0 Å². The molecule has 0 aliphatic heterocycles. The Bertz CT molecular complexity index is 1290. The molecule has 3 rings (SSSR count). The van der Waals surface area contributed by atoms with E-state index in [0.29, 0.717) is 18.5 Å². The number of hydrogen-bond donors (Lipinski definition) is 4. The van der Waals surface area contributed by atoms with Crippen LogP contribution in [0, 0.1) is 0 Å². The smallest absolute Gasteiger partial charge is 0.269 e. The van der Waals surface area contributed by atoms with Gasteiger partial charge in [-0.2, -0.15) is 0 Å². The van der Waals surface area contributed by atoms with E-state index >= 15 is 0 Å². The Morgan fingerprint density at radius 1 is 0.889 bits per heavy atom. The van der Waals surface area contributed by atoms with Crippen LogP contribution < -0.4 is 15.4 Å². The highest BCUT2D eigenvalue weighted by Crippen LogP contribution is 2.15. The van der Waals surface area contributed by atoms with Crippen molar-refractivity contribution in [1.82, 2.24) is 15.0 Å². The summed E-state index contributed by atoms with van der Waals surface area (Å²) in [6.07, 6.45) is 2.86. The number of anilines is 1. The zero-order chi connectivity index (χ0) is 26.0. The number of aliphatic hydroxyl groups excluding tert-OH is 1. The van der Waals surface area contributed by atoms with Crippen molar-refractivity contribution >= 4 is 33.4 Å². The Kier molecular flexibility index (Phi) is 9.25. The first-order valence-electron chi connectivity index (χ1n) is 11.1. The van der Waals surface area contributed by atoms with Gasteiger partial charge >= 0.3 is 0 Å². The monoisotopic (exact) mass is 510 g/mol. The number of hydrogen-bond acceptors (Lipinski definition) is 7. The molecule has 0 aliphatic carbocycles. The van der Waals surface area contributed by atoms with Crippen molar-refractivity contribution in [3.8, 4) is 0 Å². The highest BCUT2D eigenvalue weighted by atomic mass is 32.2. The number of benzene rings is 2. The lowest BCUT2D eigenvalue weighted by molar-refractivity contribution is -0.116. The van der Waals surface area contributed by atoms with Crippen LogP contribution in [0.3, 0.4) is 0 Å². The van der Waals surface area contributed by atoms with Crippen LogP contribution in [0.2, 0.25) is 0 Å². The van der Waals surface area contributed by atoms with Gasteiger partial charge in [0.05, 0.1) is 17.1 Å². The van der Waals surface area contributed by atoms with E-state index in [1.165, 1.54) is 36.4 Å². The molecule has 0 radical (unpaired) electrons. The molecule has 11 heteroatoms. The molecule has 0 atom stereocenters. The lowest BCUT2D eigenvalue weighted by Gasteiger charge is -2.09. The summed E-state index contributed by atoms with van der Waals surface area (Å²) in [4.78, 5) is 40.0. The quantitative estimate of drug-likeness (QED) is 0.307. The van der Waals surface area contributed by atoms with Gasteiger partial charge in [-0.25, -0.2) is 13.1 Å². The summed E-state index contributed by atoms with van der Waals surface area (Å²) in [5.74, 6) is -1.64. The van der Waals surface area contributed by atoms with E-state index in [2.05, 4.69) is 15.6 Å². The molecule has 10 nitrogen and oxygen atoms in total. The summed E-state index contributed by atoms with van der Waals surface area (Å²) in [5, 5.41) is 13.9. The van der Waals surface area contributed by atoms with E-state index in [-0.39, 0.29) is 35.2 Å². The summed E-state index contributed by atoms with van der Waals surface area (Å²) in [6, 6.07) is 17.8. The van der Waals surface area contributed by atoms with Gasteiger partial charge in [0.1, 0.15) is 5.69 Å². The zero-order valence-corrected chi connectivity index (χ0v) is 20.1. The van der Waals surface area contributed by atoms with Crippen molar-refractivity contribution in [2.45, 2.75) is 24.2 Å². The van der Waals surface area contributed by atoms with Crippen molar-refractivity contribution in [3.63, 3.8) is 0 Å². The fourth-order valence-corrected chi connectivity index (χ4v) is 4.18. The zero-order valence-electron chi connectivity index (χ0n) is 19.3. The average Bonchev–Trinajstić information content (AvgIpc) is 2.88. The normalized spacial score (nSPS) is 10.9. The Morgan fingerprint density at radius 2 is 1.61 bits per heavy atom. The molecule has 0 unspecified atom stereocenters. The standard InChI is InChI=1S/C25H26N4O6S/c30-16-15-26-25(33)22-14-9-19(17-27-22)24(32)29-36(34,35)21-12-10-20(11-13-21)28-23(31)8-4-7-18-5-2-1-3-6-18/h1-3,5-6,9-14,17,30H,4,7-8,15-16H2,(H,26,33)(H,28,31)(H,29,32). The van der Waals surface area contributed by atoms with Gasteiger partial charge in [-0.1, -0.05) is 30.3 Å². The van der Waals surface area contributed by atoms with Crippen molar-refractivity contribution in [2.24, 2.45) is 0 Å². The minimum Gasteiger partial charge on any atom is -0.395 e. The molecule has 0 fully saturated rings. The lowest BCUT2D eigenvalue weighted by Crippen LogP contribution is -2.31. The molecule has 0 aliphatic rings. The van der Waals surface area contributed by atoms with Gasteiger partial charge in [-0.05, 0) is 54.8 Å². The second kappa shape index (κ2) is 12.6. The number of aromatic nitrogens is 1. The molecule has 0 spiro atoms. The molecule has 0 saturated heterocycles. The molecule has 4 N–H and O–H groups in total. The number of rotatable bonds is 11. The van der Waals surface area contributed by atoms with E-state index in [0.717, 1.165) is 18.2 Å². The molecule has 188 valence electrons. The number of nitrogens with zero attached hydrogens (tertiary/aromatic N) is 1. The molecule has 1 heterocycles. The molecule has 3 aromatic rings. The fraction of sp³-hybridized carbons (Fsp3) is 0.200. The van der Waals surface area contributed by atoms with Crippen molar-refractivity contribution in [1.29, 1.82) is 0 Å². The largest absolute Gasteiger partial charge is 0.395 e. The second-order valence-electron chi connectivity index (χ2n) is 7.76. The van der Waals surface area contributed by atoms with Gasteiger partial charge in [0.15, 0.2) is 0 Å². The van der Waals surface area contributed by atoms with Crippen LogP contribution in [0.1, 0.15) is 39.3 Å². The number of carbonyl (C=O) groups is 3. The van der Waals surface area contributed by atoms with E-state index in [9.17, 15) is 22.8 Å². The number of carbonyl (C=O) groups excluding carboxylic acids is 3. The topological polar surface area (TPSA) is 155 Å². The molecule has 36 heavy (non-hydrogen) atoms. The first-order chi connectivity index (χ1) is 17.3. The van der Waals surface area contributed by atoms with Crippen LogP contribution in [0.4, 0.5) is 5.69 Å². The van der Waals surface area contributed by atoms with E-state index in [1.54, 1.807) is 0 Å². The third-order valence-corrected chi connectivity index (χ3v) is 6.39. The Hall–Kier alpha value is -4.09. The predicted octanol–water partition coefficient (Wildman–Crippen LogP) is 1.88. The summed E-state index contributed by atoms with van der Waals surface area (Å²) >= 11 is 0. The number of amides is 3. The first-order valence-corrected chi connectivity index (χ1v) is 12.6.